The minimum Gasteiger partial charge on any atom is -0.392 e. The van der Waals surface area contributed by atoms with Crippen LogP contribution in [0.4, 0.5) is 0 Å². The Labute approximate surface area is 81.8 Å². The topological polar surface area (TPSA) is 98.5 Å². The third-order valence-electron chi connectivity index (χ3n) is 1.38. The zero-order chi connectivity index (χ0) is 11.1. The zero-order valence-electron chi connectivity index (χ0n) is 8.20. The highest BCUT2D eigenvalue weighted by molar-refractivity contribution is 6.04. The molecule has 0 bridgehead atoms. The van der Waals surface area contributed by atoms with Crippen molar-refractivity contribution >= 4 is 17.7 Å². The zero-order valence-corrected chi connectivity index (χ0v) is 8.20. The number of hydrogen-bond donors (Lipinski definition) is 2. The summed E-state index contributed by atoms with van der Waals surface area (Å²) in [5, 5.41) is 2.57. The van der Waals surface area contributed by atoms with Crippen LogP contribution in [0.2, 0.25) is 0 Å². The molecule has 14 heavy (non-hydrogen) atoms. The lowest BCUT2D eigenvalue weighted by atomic mass is 10.2. The molecule has 0 rings (SSSR count). The summed E-state index contributed by atoms with van der Waals surface area (Å²) in [5.74, 6) is -2.04. The molecule has 0 aliphatic heterocycles. The third-order valence-corrected chi connectivity index (χ3v) is 1.38. The first kappa shape index (κ1) is 12.7. The number of rotatable bonds is 5. The van der Waals surface area contributed by atoms with Crippen LogP contribution in [0.3, 0.4) is 0 Å². The smallest absolute Gasteiger partial charge is 0.338 e. The number of ketones is 1. The highest BCUT2D eigenvalue weighted by Crippen LogP contribution is 1.91. The largest absolute Gasteiger partial charge is 0.392 e. The van der Waals surface area contributed by atoms with E-state index in [1.807, 2.05) is 0 Å². The maximum Gasteiger partial charge on any atom is 0.338 e. The number of nitrogens with one attached hydrogen (secondary N) is 1. The molecule has 0 aromatic carbocycles. The van der Waals surface area contributed by atoms with Crippen LogP contribution >= 0.6 is 0 Å². The highest BCUT2D eigenvalue weighted by Gasteiger charge is 2.24. The van der Waals surface area contributed by atoms with Gasteiger partial charge in [-0.1, -0.05) is 0 Å². The Hall–Kier alpha value is -1.27. The Morgan fingerprint density at radius 3 is 2.29 bits per heavy atom. The molecule has 0 spiro atoms. The van der Waals surface area contributed by atoms with E-state index in [9.17, 15) is 14.4 Å². The monoisotopic (exact) mass is 202 g/mol. The van der Waals surface area contributed by atoms with E-state index >= 15 is 0 Å². The molecular formula is C8H14N2O4. The summed E-state index contributed by atoms with van der Waals surface area (Å²) < 4.78 is 4.27. The molecule has 0 aliphatic carbocycles. The lowest BCUT2D eigenvalue weighted by Crippen LogP contribution is -2.45. The van der Waals surface area contributed by atoms with Crippen molar-refractivity contribution in [2.45, 2.75) is 19.9 Å². The van der Waals surface area contributed by atoms with Crippen LogP contribution in [-0.4, -0.2) is 36.9 Å². The minimum absolute atomic E-state index is 0.289. The van der Waals surface area contributed by atoms with Crippen molar-refractivity contribution in [2.75, 3.05) is 13.1 Å². The van der Waals surface area contributed by atoms with E-state index in [1.54, 1.807) is 0 Å². The lowest BCUT2D eigenvalue weighted by molar-refractivity contribution is -0.160. The molecule has 3 N–H and O–H groups in total. The Morgan fingerprint density at radius 1 is 1.36 bits per heavy atom. The van der Waals surface area contributed by atoms with Crippen molar-refractivity contribution in [2.24, 2.45) is 5.73 Å². The summed E-state index contributed by atoms with van der Waals surface area (Å²) in [7, 11) is 0. The van der Waals surface area contributed by atoms with Crippen LogP contribution in [0.1, 0.15) is 13.8 Å². The van der Waals surface area contributed by atoms with Gasteiger partial charge in [0, 0.05) is 20.0 Å². The van der Waals surface area contributed by atoms with Gasteiger partial charge in [0.25, 0.3) is 0 Å². The van der Waals surface area contributed by atoms with Crippen molar-refractivity contribution in [3.05, 3.63) is 0 Å². The lowest BCUT2D eigenvalue weighted by Gasteiger charge is -2.12. The van der Waals surface area contributed by atoms with Crippen molar-refractivity contribution < 1.29 is 19.1 Å². The Morgan fingerprint density at radius 2 is 1.93 bits per heavy atom. The summed E-state index contributed by atoms with van der Waals surface area (Å²) in [6.07, 6.45) is 0. The number of hydrogen-bond acceptors (Lipinski definition) is 6. The van der Waals surface area contributed by atoms with Gasteiger partial charge in [-0.2, -0.15) is 0 Å². The molecule has 0 saturated carbocycles. The first-order valence-electron chi connectivity index (χ1n) is 4.15. The first-order chi connectivity index (χ1) is 6.49. The van der Waals surface area contributed by atoms with E-state index < -0.39 is 23.8 Å². The Bertz CT molecular complexity index is 239. The normalized spacial score (nSPS) is 11.9. The van der Waals surface area contributed by atoms with E-state index in [0.717, 1.165) is 6.92 Å². The van der Waals surface area contributed by atoms with Gasteiger partial charge in [-0.05, 0) is 6.92 Å². The van der Waals surface area contributed by atoms with E-state index in [4.69, 9.17) is 5.73 Å². The fourth-order valence-electron chi connectivity index (χ4n) is 0.821. The Kier molecular flexibility index (Phi) is 5.66. The molecule has 1 unspecified atom stereocenters. The van der Waals surface area contributed by atoms with Gasteiger partial charge in [-0.3, -0.25) is 14.9 Å². The predicted molar refractivity (Wildman–Crippen MR) is 48.3 cm³/mol. The van der Waals surface area contributed by atoms with Crippen LogP contribution in [0.5, 0.6) is 0 Å². The van der Waals surface area contributed by atoms with Crippen molar-refractivity contribution in [1.82, 2.24) is 5.32 Å². The van der Waals surface area contributed by atoms with Gasteiger partial charge in [-0.15, -0.1) is 0 Å². The molecule has 6 heteroatoms. The van der Waals surface area contributed by atoms with Crippen LogP contribution in [-0.2, 0) is 19.1 Å². The van der Waals surface area contributed by atoms with E-state index in [1.165, 1.54) is 6.92 Å². The summed E-state index contributed by atoms with van der Waals surface area (Å²) >= 11 is 0. The molecule has 0 aromatic rings. The molecule has 1 atom stereocenters. The van der Waals surface area contributed by atoms with Gasteiger partial charge < -0.3 is 10.5 Å². The molecule has 6 nitrogen and oxygen atoms in total. The van der Waals surface area contributed by atoms with E-state index in [-0.39, 0.29) is 6.54 Å². The standard InChI is InChI=1S/C8H14N2O4/c1-5(11)7(10-4-3-9)8(13)14-6(2)12/h7,10H,3-4,9H2,1-2H3. The molecular weight excluding hydrogens is 188 g/mol. The number of esters is 2. The molecule has 0 fully saturated rings. The second-order valence-corrected chi connectivity index (χ2v) is 2.70. The summed E-state index contributed by atoms with van der Waals surface area (Å²) in [5.41, 5.74) is 5.19. The quantitative estimate of drug-likeness (QED) is 0.419. The maximum absolute atomic E-state index is 11.1. The molecule has 0 saturated heterocycles. The van der Waals surface area contributed by atoms with Crippen LogP contribution in [0, 0.1) is 0 Å². The number of ether oxygens (including phenoxy) is 1. The molecule has 0 aromatic heterocycles. The fraction of sp³-hybridized carbons (Fsp3) is 0.625. The maximum atomic E-state index is 11.1. The SMILES string of the molecule is CC(=O)OC(=O)C(NCCN)C(C)=O. The van der Waals surface area contributed by atoms with Crippen LogP contribution in [0.25, 0.3) is 0 Å². The molecule has 0 aliphatic rings. The molecule has 0 amide bonds. The average molecular weight is 202 g/mol. The van der Waals surface area contributed by atoms with Crippen LogP contribution in [0.15, 0.2) is 0 Å². The number of Topliss-reactive ketones (excluding diaryl/α,β-unsaturated/α-hetero) is 1. The fourth-order valence-corrected chi connectivity index (χ4v) is 0.821. The van der Waals surface area contributed by atoms with Gasteiger partial charge in [0.1, 0.15) is 0 Å². The minimum atomic E-state index is -1.11. The van der Waals surface area contributed by atoms with Crippen molar-refractivity contribution in [3.8, 4) is 0 Å². The number of carbonyl (C=O) groups is 3. The molecule has 0 radical (unpaired) electrons. The first-order valence-corrected chi connectivity index (χ1v) is 4.15. The third kappa shape index (κ3) is 4.68. The predicted octanol–water partition coefficient (Wildman–Crippen LogP) is -1.42. The number of carbonyl (C=O) groups excluding carboxylic acids is 3. The second kappa shape index (κ2) is 6.22. The summed E-state index contributed by atoms with van der Waals surface area (Å²) in [6, 6.07) is -1.11. The van der Waals surface area contributed by atoms with Crippen LogP contribution < -0.4 is 11.1 Å². The summed E-state index contributed by atoms with van der Waals surface area (Å²) in [4.78, 5) is 32.5. The van der Waals surface area contributed by atoms with Gasteiger partial charge in [0.15, 0.2) is 11.8 Å². The average Bonchev–Trinajstić information content (AvgIpc) is 2.02. The molecule has 80 valence electrons. The van der Waals surface area contributed by atoms with Crippen molar-refractivity contribution in [3.63, 3.8) is 0 Å². The highest BCUT2D eigenvalue weighted by atomic mass is 16.6. The van der Waals surface area contributed by atoms with E-state index in [0.29, 0.717) is 6.54 Å². The van der Waals surface area contributed by atoms with Gasteiger partial charge >= 0.3 is 11.9 Å². The van der Waals surface area contributed by atoms with Crippen molar-refractivity contribution in [1.29, 1.82) is 0 Å². The molecule has 0 heterocycles. The Balaban J connectivity index is 4.26. The van der Waals surface area contributed by atoms with E-state index in [2.05, 4.69) is 10.1 Å². The van der Waals surface area contributed by atoms with Gasteiger partial charge in [0.2, 0.25) is 0 Å². The second-order valence-electron chi connectivity index (χ2n) is 2.70. The van der Waals surface area contributed by atoms with Gasteiger partial charge in [-0.25, -0.2) is 4.79 Å². The van der Waals surface area contributed by atoms with Gasteiger partial charge in [0.05, 0.1) is 0 Å². The number of nitrogens with two attached hydrogens (primary N) is 1. The summed E-state index contributed by atoms with van der Waals surface area (Å²) in [6.45, 7) is 2.92.